The maximum Gasteiger partial charge on any atom is 0.274 e. The summed E-state index contributed by atoms with van der Waals surface area (Å²) in [6, 6.07) is 6.82. The second-order valence-electron chi connectivity index (χ2n) is 9.44. The normalized spacial score (nSPS) is 17.5. The van der Waals surface area contributed by atoms with Crippen molar-refractivity contribution in [3.05, 3.63) is 41.8 Å². The summed E-state index contributed by atoms with van der Waals surface area (Å²) in [4.78, 5) is 20.3. The Balaban J connectivity index is 1.31. The number of nitrogens with zero attached hydrogens (tertiary/aromatic N) is 4. The van der Waals surface area contributed by atoms with E-state index in [9.17, 15) is 9.18 Å². The van der Waals surface area contributed by atoms with E-state index in [4.69, 9.17) is 4.74 Å². The summed E-state index contributed by atoms with van der Waals surface area (Å²) in [6.07, 6.45) is 6.42. The number of ether oxygens (including phenoxy) is 1. The predicted molar refractivity (Wildman–Crippen MR) is 136 cm³/mol. The highest BCUT2D eigenvalue weighted by Crippen LogP contribution is 2.40. The number of piperidine rings is 1. The highest BCUT2D eigenvalue weighted by Gasteiger charge is 2.37. The number of carbonyl (C=O) groups is 1. The lowest BCUT2D eigenvalue weighted by Gasteiger charge is -2.40. The van der Waals surface area contributed by atoms with E-state index in [-0.39, 0.29) is 17.0 Å². The second kappa shape index (κ2) is 8.46. The molecule has 35 heavy (non-hydrogen) atoms. The number of benzene rings is 2. The van der Waals surface area contributed by atoms with Gasteiger partial charge in [0.05, 0.1) is 23.1 Å². The molecule has 4 aromatic rings. The van der Waals surface area contributed by atoms with Crippen molar-refractivity contribution in [2.24, 2.45) is 7.05 Å². The van der Waals surface area contributed by atoms with Gasteiger partial charge in [-0.25, -0.2) is 9.37 Å². The number of aromatic nitrogens is 3. The molecule has 0 radical (unpaired) electrons. The molecular weight excluding hydrogens is 467 g/mol. The van der Waals surface area contributed by atoms with Gasteiger partial charge >= 0.3 is 0 Å². The lowest BCUT2D eigenvalue weighted by molar-refractivity contribution is 0.102. The van der Waals surface area contributed by atoms with E-state index in [1.54, 1.807) is 31.1 Å². The smallest absolute Gasteiger partial charge is 0.274 e. The van der Waals surface area contributed by atoms with Crippen LogP contribution in [0, 0.1) is 5.82 Å². The van der Waals surface area contributed by atoms with E-state index in [0.29, 0.717) is 27.3 Å². The zero-order chi connectivity index (χ0) is 24.2. The fraction of sp³-hybridized carbons (Fsp3) is 0.400. The van der Waals surface area contributed by atoms with Crippen LogP contribution in [0.1, 0.15) is 36.0 Å². The number of aryl methyl sites for hydroxylation is 1. The van der Waals surface area contributed by atoms with Crippen LogP contribution in [-0.4, -0.2) is 53.0 Å². The molecule has 2 aliphatic heterocycles. The lowest BCUT2D eigenvalue weighted by atomic mass is 9.86. The summed E-state index contributed by atoms with van der Waals surface area (Å²) in [7, 11) is 3.32. The molecule has 8 nitrogen and oxygen atoms in total. The number of nitrogens with one attached hydrogen (secondary N) is 2. The summed E-state index contributed by atoms with van der Waals surface area (Å²) in [6.45, 7) is 3.02. The lowest BCUT2D eigenvalue weighted by Crippen LogP contribution is -2.50. The number of carbonyl (C=O) groups excluding carboxylic acids is 1. The molecule has 0 unspecified atom stereocenters. The fourth-order valence-electron chi connectivity index (χ4n) is 5.45. The summed E-state index contributed by atoms with van der Waals surface area (Å²) >= 11 is 1.44. The molecular formula is C25H27FN6O2S. The monoisotopic (exact) mass is 494 g/mol. The van der Waals surface area contributed by atoms with Crippen molar-refractivity contribution in [3.63, 3.8) is 0 Å². The van der Waals surface area contributed by atoms with Crippen LogP contribution in [0.3, 0.4) is 0 Å². The van der Waals surface area contributed by atoms with Crippen LogP contribution in [-0.2, 0) is 7.05 Å². The molecule has 10 heteroatoms. The van der Waals surface area contributed by atoms with E-state index < -0.39 is 5.82 Å². The van der Waals surface area contributed by atoms with Gasteiger partial charge in [-0.15, -0.1) is 0 Å². The summed E-state index contributed by atoms with van der Waals surface area (Å²) < 4.78 is 22.4. The van der Waals surface area contributed by atoms with Crippen molar-refractivity contribution in [1.29, 1.82) is 0 Å². The summed E-state index contributed by atoms with van der Waals surface area (Å²) in [5.41, 5.74) is 3.04. The van der Waals surface area contributed by atoms with Crippen molar-refractivity contribution in [1.82, 2.24) is 20.1 Å². The first-order valence-electron chi connectivity index (χ1n) is 11.9. The Morgan fingerprint density at radius 3 is 2.80 bits per heavy atom. The summed E-state index contributed by atoms with van der Waals surface area (Å²) in [5.74, 6) is -0.821. The number of hydrogen-bond donors (Lipinski definition) is 2. The molecule has 2 aliphatic rings. The molecule has 2 saturated heterocycles. The van der Waals surface area contributed by atoms with Crippen LogP contribution >= 0.6 is 11.3 Å². The minimum Gasteiger partial charge on any atom is -0.473 e. The van der Waals surface area contributed by atoms with Crippen LogP contribution in [0.25, 0.3) is 21.1 Å². The Kier molecular flexibility index (Phi) is 5.37. The quantitative estimate of drug-likeness (QED) is 0.440. The number of anilines is 2. The minimum atomic E-state index is -0.478. The first kappa shape index (κ1) is 22.2. The molecule has 0 bridgehead atoms. The van der Waals surface area contributed by atoms with E-state index in [1.165, 1.54) is 30.2 Å². The molecule has 2 fully saturated rings. The van der Waals surface area contributed by atoms with Gasteiger partial charge in [-0.05, 0) is 56.5 Å². The van der Waals surface area contributed by atoms with Crippen LogP contribution < -0.4 is 20.3 Å². The van der Waals surface area contributed by atoms with E-state index >= 15 is 0 Å². The molecule has 4 heterocycles. The SMILES string of the molecule is COc1nc2c(C(=O)Nc3cc(F)c4nn(C)cc4c3)ccc(N3CCC4(CCCN4)CC3)c2s1. The highest BCUT2D eigenvalue weighted by molar-refractivity contribution is 7.21. The molecule has 1 amide bonds. The molecule has 0 aliphatic carbocycles. The van der Waals surface area contributed by atoms with Crippen molar-refractivity contribution < 1.29 is 13.9 Å². The van der Waals surface area contributed by atoms with Gasteiger partial charge in [0.1, 0.15) is 11.0 Å². The molecule has 6 rings (SSSR count). The number of amides is 1. The Bertz CT molecular complexity index is 1430. The van der Waals surface area contributed by atoms with Gasteiger partial charge in [-0.1, -0.05) is 11.3 Å². The third-order valence-corrected chi connectivity index (χ3v) is 8.29. The molecule has 182 valence electrons. The van der Waals surface area contributed by atoms with Gasteiger partial charge in [-0.2, -0.15) is 5.10 Å². The summed E-state index contributed by atoms with van der Waals surface area (Å²) in [5, 5.41) is 11.8. The number of thiazole rings is 1. The standard InChI is InChI=1S/C25H27FN6O2S/c1-31-14-15-12-16(13-18(26)20(15)30-31)28-23(33)17-4-5-19(22-21(17)29-24(34-2)35-22)32-10-7-25(8-11-32)6-3-9-27-25/h4-5,12-14,27H,3,6-11H2,1-2H3,(H,28,33). The van der Waals surface area contributed by atoms with Gasteiger partial charge in [-0.3, -0.25) is 9.48 Å². The number of fused-ring (bicyclic) bond motifs is 2. The Labute approximate surface area is 206 Å². The first-order chi connectivity index (χ1) is 16.9. The maximum absolute atomic E-state index is 14.5. The van der Waals surface area contributed by atoms with E-state index in [1.807, 2.05) is 12.1 Å². The minimum absolute atomic E-state index is 0.276. The van der Waals surface area contributed by atoms with Crippen LogP contribution in [0.5, 0.6) is 5.19 Å². The molecule has 0 saturated carbocycles. The van der Waals surface area contributed by atoms with Crippen LogP contribution in [0.2, 0.25) is 0 Å². The van der Waals surface area contributed by atoms with Gasteiger partial charge in [0.2, 0.25) is 0 Å². The van der Waals surface area contributed by atoms with Crippen molar-refractivity contribution in [2.75, 3.05) is 37.0 Å². The molecule has 1 spiro atoms. The van der Waals surface area contributed by atoms with Crippen molar-refractivity contribution in [3.8, 4) is 5.19 Å². The average molecular weight is 495 g/mol. The largest absolute Gasteiger partial charge is 0.473 e. The van der Waals surface area contributed by atoms with Crippen LogP contribution in [0.15, 0.2) is 30.5 Å². The van der Waals surface area contributed by atoms with Crippen molar-refractivity contribution in [2.45, 2.75) is 31.2 Å². The average Bonchev–Trinajstić information content (AvgIpc) is 3.57. The van der Waals surface area contributed by atoms with Crippen LogP contribution in [0.4, 0.5) is 15.8 Å². The molecule has 2 aromatic carbocycles. The van der Waals surface area contributed by atoms with E-state index in [2.05, 4.69) is 25.6 Å². The van der Waals surface area contributed by atoms with Gasteiger partial charge in [0.25, 0.3) is 11.1 Å². The number of methoxy groups -OCH3 is 1. The maximum atomic E-state index is 14.5. The van der Waals surface area contributed by atoms with Gasteiger partial charge in [0.15, 0.2) is 5.82 Å². The highest BCUT2D eigenvalue weighted by atomic mass is 32.1. The molecule has 2 aromatic heterocycles. The van der Waals surface area contributed by atoms with Crippen molar-refractivity contribution >= 4 is 49.7 Å². The zero-order valence-corrected chi connectivity index (χ0v) is 20.5. The van der Waals surface area contributed by atoms with Gasteiger partial charge in [0, 0.05) is 42.9 Å². The Hall–Kier alpha value is -3.24. The first-order valence-corrected chi connectivity index (χ1v) is 12.7. The number of hydrogen-bond acceptors (Lipinski definition) is 7. The Morgan fingerprint density at radius 2 is 2.06 bits per heavy atom. The predicted octanol–water partition coefficient (Wildman–Crippen LogP) is 4.31. The zero-order valence-electron chi connectivity index (χ0n) is 19.7. The second-order valence-corrected chi connectivity index (χ2v) is 10.4. The number of halogens is 1. The number of rotatable bonds is 4. The van der Waals surface area contributed by atoms with E-state index in [0.717, 1.165) is 42.9 Å². The fourth-order valence-corrected chi connectivity index (χ4v) is 6.40. The Morgan fingerprint density at radius 1 is 1.23 bits per heavy atom. The third-order valence-electron chi connectivity index (χ3n) is 7.25. The van der Waals surface area contributed by atoms with Gasteiger partial charge < -0.3 is 20.3 Å². The molecule has 2 N–H and O–H groups in total. The third kappa shape index (κ3) is 3.90. The topological polar surface area (TPSA) is 84.3 Å². The molecule has 0 atom stereocenters.